The van der Waals surface area contributed by atoms with Crippen LogP contribution in [-0.4, -0.2) is 41.0 Å². The van der Waals surface area contributed by atoms with Crippen molar-refractivity contribution in [1.29, 1.82) is 0 Å². The van der Waals surface area contributed by atoms with E-state index in [0.717, 1.165) is 24.5 Å². The van der Waals surface area contributed by atoms with Crippen LogP contribution >= 0.6 is 0 Å². The molecule has 1 atom stereocenters. The highest BCUT2D eigenvalue weighted by molar-refractivity contribution is 5.34. The first-order valence-corrected chi connectivity index (χ1v) is 5.10. The Morgan fingerprint density at radius 3 is 2.93 bits per heavy atom. The molecule has 1 aromatic heterocycles. The van der Waals surface area contributed by atoms with Crippen molar-refractivity contribution in [3.63, 3.8) is 0 Å². The topological polar surface area (TPSA) is 70.1 Å². The van der Waals surface area contributed by atoms with Crippen LogP contribution in [0.15, 0.2) is 12.3 Å². The highest BCUT2D eigenvalue weighted by atomic mass is 16.3. The lowest BCUT2D eigenvalue weighted by Crippen LogP contribution is -2.29. The van der Waals surface area contributed by atoms with Gasteiger partial charge in [-0.05, 0) is 25.5 Å². The molecule has 0 saturated carbocycles. The quantitative estimate of drug-likeness (QED) is 0.584. The molecule has 0 spiro atoms. The Morgan fingerprint density at radius 2 is 2.27 bits per heavy atom. The molecule has 1 rings (SSSR count). The third-order valence-corrected chi connectivity index (χ3v) is 1.84. The summed E-state index contributed by atoms with van der Waals surface area (Å²) < 4.78 is 0. The molecule has 3 N–H and O–H groups in total. The Kier molecular flexibility index (Phi) is 5.00. The van der Waals surface area contributed by atoms with Gasteiger partial charge in [0.15, 0.2) is 0 Å². The summed E-state index contributed by atoms with van der Waals surface area (Å²) in [6, 6.07) is 1.95. The van der Waals surface area contributed by atoms with Crippen LogP contribution in [0.4, 0.5) is 5.82 Å². The van der Waals surface area contributed by atoms with Crippen LogP contribution in [-0.2, 0) is 0 Å². The molecular formula is C10H18N4O. The molecule has 1 unspecified atom stereocenters. The Labute approximate surface area is 89.9 Å². The van der Waals surface area contributed by atoms with Crippen molar-refractivity contribution in [2.75, 3.05) is 25.0 Å². The molecule has 84 valence electrons. The first-order valence-electron chi connectivity index (χ1n) is 5.10. The first kappa shape index (κ1) is 11.9. The monoisotopic (exact) mass is 210 g/mol. The number of rotatable bonds is 6. The van der Waals surface area contributed by atoms with E-state index in [0.29, 0.717) is 6.54 Å². The number of aromatic nitrogens is 2. The molecule has 0 radical (unpaired) electrons. The Balaban J connectivity index is 2.15. The zero-order valence-corrected chi connectivity index (χ0v) is 9.20. The van der Waals surface area contributed by atoms with Crippen LogP contribution in [0, 0.1) is 6.92 Å². The molecule has 0 aliphatic carbocycles. The van der Waals surface area contributed by atoms with E-state index in [1.807, 2.05) is 13.0 Å². The molecule has 1 aromatic rings. The smallest absolute Gasteiger partial charge is 0.148 e. The van der Waals surface area contributed by atoms with Gasteiger partial charge >= 0.3 is 0 Å². The lowest BCUT2D eigenvalue weighted by atomic mass is 10.3. The molecule has 15 heavy (non-hydrogen) atoms. The summed E-state index contributed by atoms with van der Waals surface area (Å²) in [7, 11) is 0. The van der Waals surface area contributed by atoms with E-state index in [1.165, 1.54) is 0 Å². The Morgan fingerprint density at radius 1 is 1.47 bits per heavy atom. The number of aryl methyl sites for hydroxylation is 1. The predicted octanol–water partition coefficient (Wildman–Crippen LogP) is 0.167. The summed E-state index contributed by atoms with van der Waals surface area (Å²) in [5.41, 5.74) is 1.09. The standard InChI is InChI=1S/C10H18N4O/c1-8-5-10(14-13-6-8)12-4-3-11-7-9(2)15/h5-6,9,11,15H,3-4,7H2,1-2H3,(H,12,14). The van der Waals surface area contributed by atoms with Crippen LogP contribution in [0.25, 0.3) is 0 Å². The van der Waals surface area contributed by atoms with Gasteiger partial charge in [0.1, 0.15) is 5.82 Å². The number of nitrogens with zero attached hydrogens (tertiary/aromatic N) is 2. The van der Waals surface area contributed by atoms with Gasteiger partial charge in [0.05, 0.1) is 12.3 Å². The molecule has 0 fully saturated rings. The Hall–Kier alpha value is -1.20. The zero-order chi connectivity index (χ0) is 11.1. The minimum absolute atomic E-state index is 0.302. The van der Waals surface area contributed by atoms with Crippen LogP contribution in [0.1, 0.15) is 12.5 Å². The fourth-order valence-corrected chi connectivity index (χ4v) is 1.14. The first-order chi connectivity index (χ1) is 7.18. The highest BCUT2D eigenvalue weighted by Crippen LogP contribution is 2.01. The number of aliphatic hydroxyl groups is 1. The number of hydrogen-bond acceptors (Lipinski definition) is 5. The van der Waals surface area contributed by atoms with Crippen LogP contribution in [0.5, 0.6) is 0 Å². The second-order valence-corrected chi connectivity index (χ2v) is 3.60. The fourth-order valence-electron chi connectivity index (χ4n) is 1.14. The maximum Gasteiger partial charge on any atom is 0.148 e. The summed E-state index contributed by atoms with van der Waals surface area (Å²) in [4.78, 5) is 0. The highest BCUT2D eigenvalue weighted by Gasteiger charge is 1.95. The summed E-state index contributed by atoms with van der Waals surface area (Å²) in [5, 5.41) is 23.0. The van der Waals surface area contributed by atoms with Gasteiger partial charge in [-0.2, -0.15) is 5.10 Å². The lowest BCUT2D eigenvalue weighted by Gasteiger charge is -2.08. The summed E-state index contributed by atoms with van der Waals surface area (Å²) in [6.07, 6.45) is 1.42. The third-order valence-electron chi connectivity index (χ3n) is 1.84. The van der Waals surface area contributed by atoms with Crippen LogP contribution in [0.3, 0.4) is 0 Å². The van der Waals surface area contributed by atoms with E-state index in [9.17, 15) is 0 Å². The van der Waals surface area contributed by atoms with Gasteiger partial charge < -0.3 is 15.7 Å². The normalized spacial score (nSPS) is 12.5. The van der Waals surface area contributed by atoms with E-state index < -0.39 is 0 Å². The SMILES string of the molecule is Cc1cnnc(NCCNCC(C)O)c1. The van der Waals surface area contributed by atoms with Crippen molar-refractivity contribution >= 4 is 5.82 Å². The maximum absolute atomic E-state index is 9.00. The largest absolute Gasteiger partial charge is 0.392 e. The van der Waals surface area contributed by atoms with E-state index in [1.54, 1.807) is 13.1 Å². The average molecular weight is 210 g/mol. The second-order valence-electron chi connectivity index (χ2n) is 3.60. The zero-order valence-electron chi connectivity index (χ0n) is 9.20. The summed E-state index contributed by atoms with van der Waals surface area (Å²) >= 11 is 0. The third kappa shape index (κ3) is 5.29. The van der Waals surface area contributed by atoms with E-state index in [2.05, 4.69) is 20.8 Å². The van der Waals surface area contributed by atoms with Crippen molar-refractivity contribution in [3.05, 3.63) is 17.8 Å². The van der Waals surface area contributed by atoms with Gasteiger partial charge in [-0.15, -0.1) is 5.10 Å². The molecule has 0 aliphatic heterocycles. The van der Waals surface area contributed by atoms with Crippen molar-refractivity contribution in [2.45, 2.75) is 20.0 Å². The molecular weight excluding hydrogens is 192 g/mol. The molecule has 0 saturated heterocycles. The number of nitrogens with one attached hydrogen (secondary N) is 2. The lowest BCUT2D eigenvalue weighted by molar-refractivity contribution is 0.192. The number of anilines is 1. The van der Waals surface area contributed by atoms with Gasteiger partial charge in [-0.3, -0.25) is 0 Å². The van der Waals surface area contributed by atoms with Crippen molar-refractivity contribution in [2.24, 2.45) is 0 Å². The molecule has 5 nitrogen and oxygen atoms in total. The van der Waals surface area contributed by atoms with Crippen LogP contribution < -0.4 is 10.6 Å². The van der Waals surface area contributed by atoms with Gasteiger partial charge in [-0.25, -0.2) is 0 Å². The van der Waals surface area contributed by atoms with Crippen molar-refractivity contribution < 1.29 is 5.11 Å². The van der Waals surface area contributed by atoms with Crippen molar-refractivity contribution in [1.82, 2.24) is 15.5 Å². The van der Waals surface area contributed by atoms with Crippen LogP contribution in [0.2, 0.25) is 0 Å². The summed E-state index contributed by atoms with van der Waals surface area (Å²) in [6.45, 7) is 5.91. The molecule has 1 heterocycles. The average Bonchev–Trinajstić information content (AvgIpc) is 2.17. The summed E-state index contributed by atoms with van der Waals surface area (Å²) in [5.74, 6) is 0.786. The van der Waals surface area contributed by atoms with E-state index in [4.69, 9.17) is 5.11 Å². The second kappa shape index (κ2) is 6.31. The minimum atomic E-state index is -0.302. The van der Waals surface area contributed by atoms with Crippen molar-refractivity contribution in [3.8, 4) is 0 Å². The molecule has 0 aliphatic rings. The van der Waals surface area contributed by atoms with E-state index in [-0.39, 0.29) is 6.10 Å². The number of hydrogen-bond donors (Lipinski definition) is 3. The molecule has 0 aromatic carbocycles. The maximum atomic E-state index is 9.00. The molecule has 0 amide bonds. The molecule has 0 bridgehead atoms. The van der Waals surface area contributed by atoms with Gasteiger partial charge in [0, 0.05) is 19.6 Å². The van der Waals surface area contributed by atoms with E-state index >= 15 is 0 Å². The predicted molar refractivity (Wildman–Crippen MR) is 59.8 cm³/mol. The fraction of sp³-hybridized carbons (Fsp3) is 0.600. The number of aliphatic hydroxyl groups excluding tert-OH is 1. The minimum Gasteiger partial charge on any atom is -0.392 e. The Bertz CT molecular complexity index is 291. The van der Waals surface area contributed by atoms with Gasteiger partial charge in [0.2, 0.25) is 0 Å². The van der Waals surface area contributed by atoms with Gasteiger partial charge in [-0.1, -0.05) is 0 Å². The molecule has 5 heteroatoms. The van der Waals surface area contributed by atoms with Gasteiger partial charge in [0.25, 0.3) is 0 Å².